The number of esters is 1. The molecular formula is C20H21NO6. The van der Waals surface area contributed by atoms with Crippen LogP contribution in [0.1, 0.15) is 33.2 Å². The third-order valence-corrected chi connectivity index (χ3v) is 3.77. The van der Waals surface area contributed by atoms with Crippen LogP contribution < -0.4 is 14.8 Å². The Bertz CT molecular complexity index is 829. The molecule has 2 rings (SSSR count). The maximum absolute atomic E-state index is 12.3. The van der Waals surface area contributed by atoms with Crippen LogP contribution in [0.15, 0.2) is 42.5 Å². The molecule has 1 N–H and O–H groups in total. The van der Waals surface area contributed by atoms with Crippen LogP contribution in [0, 0.1) is 0 Å². The number of amides is 1. The first-order valence-corrected chi connectivity index (χ1v) is 8.20. The van der Waals surface area contributed by atoms with Gasteiger partial charge in [0.25, 0.3) is 0 Å². The van der Waals surface area contributed by atoms with Crippen molar-refractivity contribution in [2.45, 2.75) is 13.5 Å². The molecule has 27 heavy (non-hydrogen) atoms. The molecule has 0 aliphatic rings. The first-order chi connectivity index (χ1) is 12.9. The van der Waals surface area contributed by atoms with Crippen molar-refractivity contribution in [3.05, 3.63) is 59.2 Å². The molecule has 2 aromatic rings. The molecular weight excluding hydrogens is 350 g/mol. The number of benzene rings is 2. The second-order valence-electron chi connectivity index (χ2n) is 5.67. The summed E-state index contributed by atoms with van der Waals surface area (Å²) in [5.74, 6) is -0.226. The number of hydrogen-bond donors (Lipinski definition) is 1. The molecule has 1 amide bonds. The summed E-state index contributed by atoms with van der Waals surface area (Å²) in [6.45, 7) is 1.40. The standard InChI is InChI=1S/C20H21NO6/c1-13(22)21-11-14-4-6-15(7-5-14)20(24)27-12-18(23)17-9-8-16(25-2)10-19(17)26-3/h4-10H,11-12H2,1-3H3,(H,21,22). The lowest BCUT2D eigenvalue weighted by atomic mass is 10.1. The molecule has 2 aromatic carbocycles. The molecule has 0 heterocycles. The Morgan fingerprint density at radius 2 is 1.67 bits per heavy atom. The highest BCUT2D eigenvalue weighted by Gasteiger charge is 2.16. The molecule has 7 heteroatoms. The summed E-state index contributed by atoms with van der Waals surface area (Å²) in [5.41, 5.74) is 1.47. The summed E-state index contributed by atoms with van der Waals surface area (Å²) >= 11 is 0. The van der Waals surface area contributed by atoms with Crippen molar-refractivity contribution >= 4 is 17.7 Å². The fourth-order valence-corrected chi connectivity index (χ4v) is 2.31. The molecule has 7 nitrogen and oxygen atoms in total. The molecule has 0 aliphatic heterocycles. The van der Waals surface area contributed by atoms with E-state index >= 15 is 0 Å². The summed E-state index contributed by atoms with van der Waals surface area (Å²) in [4.78, 5) is 35.3. The second-order valence-corrected chi connectivity index (χ2v) is 5.67. The first kappa shape index (κ1) is 20.0. The lowest BCUT2D eigenvalue weighted by molar-refractivity contribution is -0.119. The summed E-state index contributed by atoms with van der Waals surface area (Å²) in [7, 11) is 2.96. The van der Waals surface area contributed by atoms with Crippen molar-refractivity contribution in [2.24, 2.45) is 0 Å². The summed E-state index contributed by atoms with van der Waals surface area (Å²) < 4.78 is 15.4. The van der Waals surface area contributed by atoms with Gasteiger partial charge in [0.2, 0.25) is 11.7 Å². The number of rotatable bonds is 8. The highest BCUT2D eigenvalue weighted by molar-refractivity contribution is 6.01. The van der Waals surface area contributed by atoms with E-state index in [2.05, 4.69) is 5.32 Å². The van der Waals surface area contributed by atoms with Crippen molar-refractivity contribution < 1.29 is 28.6 Å². The van der Waals surface area contributed by atoms with Crippen molar-refractivity contribution in [1.82, 2.24) is 5.32 Å². The summed E-state index contributed by atoms with van der Waals surface area (Å²) in [6, 6.07) is 11.4. The van der Waals surface area contributed by atoms with Crippen LogP contribution >= 0.6 is 0 Å². The van der Waals surface area contributed by atoms with Crippen LogP contribution in [-0.2, 0) is 16.1 Å². The fourth-order valence-electron chi connectivity index (χ4n) is 2.31. The molecule has 0 aliphatic carbocycles. The van der Waals surface area contributed by atoms with E-state index < -0.39 is 12.6 Å². The van der Waals surface area contributed by atoms with Gasteiger partial charge in [0.05, 0.1) is 25.3 Å². The lowest BCUT2D eigenvalue weighted by Gasteiger charge is -2.10. The molecule has 0 unspecified atom stereocenters. The van der Waals surface area contributed by atoms with Gasteiger partial charge in [-0.15, -0.1) is 0 Å². The minimum Gasteiger partial charge on any atom is -0.497 e. The molecule has 0 atom stereocenters. The molecule has 0 bridgehead atoms. The number of ketones is 1. The van der Waals surface area contributed by atoms with E-state index in [9.17, 15) is 14.4 Å². The van der Waals surface area contributed by atoms with E-state index in [0.717, 1.165) is 5.56 Å². The molecule has 0 spiro atoms. The molecule has 142 valence electrons. The Morgan fingerprint density at radius 1 is 0.963 bits per heavy atom. The Labute approximate surface area is 157 Å². The van der Waals surface area contributed by atoms with E-state index in [1.807, 2.05) is 0 Å². The fraction of sp³-hybridized carbons (Fsp3) is 0.250. The third kappa shape index (κ3) is 5.57. The molecule has 0 saturated carbocycles. The van der Waals surface area contributed by atoms with E-state index in [0.29, 0.717) is 29.2 Å². The Kier molecular flexibility index (Phi) is 6.93. The third-order valence-electron chi connectivity index (χ3n) is 3.77. The van der Waals surface area contributed by atoms with Crippen LogP contribution in [0.2, 0.25) is 0 Å². The van der Waals surface area contributed by atoms with Crippen LogP contribution in [0.4, 0.5) is 0 Å². The molecule has 0 radical (unpaired) electrons. The van der Waals surface area contributed by atoms with Gasteiger partial charge in [0.15, 0.2) is 6.61 Å². The van der Waals surface area contributed by atoms with Crippen molar-refractivity contribution in [2.75, 3.05) is 20.8 Å². The number of carbonyl (C=O) groups is 3. The maximum atomic E-state index is 12.3. The minimum absolute atomic E-state index is 0.133. The molecule has 0 aromatic heterocycles. The zero-order valence-electron chi connectivity index (χ0n) is 15.4. The Balaban J connectivity index is 1.96. The Morgan fingerprint density at radius 3 is 2.26 bits per heavy atom. The SMILES string of the molecule is COc1ccc(C(=O)COC(=O)c2ccc(CNC(C)=O)cc2)c(OC)c1. The minimum atomic E-state index is -0.609. The lowest BCUT2D eigenvalue weighted by Crippen LogP contribution is -2.19. The predicted molar refractivity (Wildman–Crippen MR) is 98.1 cm³/mol. The average Bonchev–Trinajstić information content (AvgIpc) is 2.69. The smallest absolute Gasteiger partial charge is 0.338 e. The Hall–Kier alpha value is -3.35. The van der Waals surface area contributed by atoms with E-state index in [1.54, 1.807) is 42.5 Å². The average molecular weight is 371 g/mol. The van der Waals surface area contributed by atoms with E-state index in [4.69, 9.17) is 14.2 Å². The second kappa shape index (κ2) is 9.38. The normalized spacial score (nSPS) is 10.0. The summed E-state index contributed by atoms with van der Waals surface area (Å²) in [5, 5.41) is 2.67. The number of hydrogen-bond acceptors (Lipinski definition) is 6. The van der Waals surface area contributed by atoms with Crippen LogP contribution in [-0.4, -0.2) is 38.5 Å². The number of methoxy groups -OCH3 is 2. The van der Waals surface area contributed by atoms with Crippen molar-refractivity contribution in [1.29, 1.82) is 0 Å². The van der Waals surface area contributed by atoms with Gasteiger partial charge in [-0.2, -0.15) is 0 Å². The van der Waals surface area contributed by atoms with Gasteiger partial charge < -0.3 is 19.5 Å². The van der Waals surface area contributed by atoms with Gasteiger partial charge in [0.1, 0.15) is 11.5 Å². The van der Waals surface area contributed by atoms with Gasteiger partial charge in [-0.3, -0.25) is 9.59 Å². The number of Topliss-reactive ketones (excluding diaryl/α,β-unsaturated/α-hetero) is 1. The van der Waals surface area contributed by atoms with E-state index in [-0.39, 0.29) is 11.7 Å². The van der Waals surface area contributed by atoms with Crippen molar-refractivity contribution in [3.8, 4) is 11.5 Å². The highest BCUT2D eigenvalue weighted by atomic mass is 16.5. The zero-order chi connectivity index (χ0) is 19.8. The number of carbonyl (C=O) groups excluding carboxylic acids is 3. The van der Waals surface area contributed by atoms with E-state index in [1.165, 1.54) is 21.1 Å². The maximum Gasteiger partial charge on any atom is 0.338 e. The monoisotopic (exact) mass is 371 g/mol. The predicted octanol–water partition coefficient (Wildman–Crippen LogP) is 2.38. The highest BCUT2D eigenvalue weighted by Crippen LogP contribution is 2.25. The van der Waals surface area contributed by atoms with Gasteiger partial charge in [-0.25, -0.2) is 4.79 Å². The largest absolute Gasteiger partial charge is 0.497 e. The zero-order valence-corrected chi connectivity index (χ0v) is 15.4. The summed E-state index contributed by atoms with van der Waals surface area (Å²) in [6.07, 6.45) is 0. The topological polar surface area (TPSA) is 90.9 Å². The van der Waals surface area contributed by atoms with Crippen LogP contribution in [0.3, 0.4) is 0 Å². The quantitative estimate of drug-likeness (QED) is 0.566. The van der Waals surface area contributed by atoms with Gasteiger partial charge in [-0.1, -0.05) is 12.1 Å². The molecule has 0 saturated heterocycles. The van der Waals surface area contributed by atoms with Crippen LogP contribution in [0.25, 0.3) is 0 Å². The van der Waals surface area contributed by atoms with Gasteiger partial charge in [-0.05, 0) is 29.8 Å². The number of ether oxygens (including phenoxy) is 3. The van der Waals surface area contributed by atoms with Gasteiger partial charge in [0, 0.05) is 19.5 Å². The first-order valence-electron chi connectivity index (χ1n) is 8.20. The van der Waals surface area contributed by atoms with Crippen LogP contribution in [0.5, 0.6) is 11.5 Å². The van der Waals surface area contributed by atoms with Crippen molar-refractivity contribution in [3.63, 3.8) is 0 Å². The van der Waals surface area contributed by atoms with Gasteiger partial charge >= 0.3 is 5.97 Å². The molecule has 0 fully saturated rings. The number of nitrogens with one attached hydrogen (secondary N) is 1.